The van der Waals surface area contributed by atoms with Gasteiger partial charge in [-0.1, -0.05) is 6.07 Å². The quantitative estimate of drug-likeness (QED) is 0.809. The van der Waals surface area contributed by atoms with E-state index in [2.05, 4.69) is 5.32 Å². The molecule has 0 radical (unpaired) electrons. The largest absolute Gasteiger partial charge is 0.369 e. The van der Waals surface area contributed by atoms with Crippen molar-refractivity contribution in [3.63, 3.8) is 0 Å². The fraction of sp³-hybridized carbons (Fsp3) is 0.381. The summed E-state index contributed by atoms with van der Waals surface area (Å²) in [6, 6.07) is 10.8. The number of sulfonamides is 1. The van der Waals surface area contributed by atoms with Crippen molar-refractivity contribution in [1.82, 2.24) is 9.62 Å². The lowest BCUT2D eigenvalue weighted by molar-refractivity contribution is 0.0942. The second-order valence-corrected chi connectivity index (χ2v) is 9.41. The Morgan fingerprint density at radius 1 is 1.03 bits per heavy atom. The number of amides is 1. The van der Waals surface area contributed by atoms with Crippen molar-refractivity contribution in [2.75, 3.05) is 31.1 Å². The van der Waals surface area contributed by atoms with E-state index in [9.17, 15) is 17.6 Å². The zero-order chi connectivity index (χ0) is 21.2. The summed E-state index contributed by atoms with van der Waals surface area (Å²) in [5.41, 5.74) is 1.96. The first-order chi connectivity index (χ1) is 13.7. The topological polar surface area (TPSA) is 69.7 Å². The van der Waals surface area contributed by atoms with E-state index in [4.69, 9.17) is 0 Å². The van der Waals surface area contributed by atoms with Crippen LogP contribution in [0.25, 0.3) is 0 Å². The molecule has 1 fully saturated rings. The minimum Gasteiger partial charge on any atom is -0.369 e. The fourth-order valence-electron chi connectivity index (χ4n) is 3.33. The third kappa shape index (κ3) is 4.76. The van der Waals surface area contributed by atoms with Crippen molar-refractivity contribution in [3.05, 3.63) is 59.4 Å². The van der Waals surface area contributed by atoms with Crippen molar-refractivity contribution in [1.29, 1.82) is 0 Å². The molecule has 2 aromatic rings. The molecule has 0 saturated carbocycles. The predicted octanol–water partition coefficient (Wildman–Crippen LogP) is 2.78. The first-order valence-corrected chi connectivity index (χ1v) is 11.0. The van der Waals surface area contributed by atoms with E-state index >= 15 is 0 Å². The molecule has 0 unspecified atom stereocenters. The van der Waals surface area contributed by atoms with E-state index in [1.807, 2.05) is 18.7 Å². The number of piperazine rings is 1. The molecule has 0 aromatic heterocycles. The molecule has 3 rings (SSSR count). The number of rotatable bonds is 5. The standard InChI is InChI=1S/C21H26FN3O3S/c1-15(2)23-21(26)20-14-19(9-4-16(20)3)29(27,28)25-12-10-24(11-13-25)18-7-5-17(22)6-8-18/h4-9,14-15H,10-13H2,1-3H3,(H,23,26). The summed E-state index contributed by atoms with van der Waals surface area (Å²) >= 11 is 0. The van der Waals surface area contributed by atoms with E-state index in [0.29, 0.717) is 31.7 Å². The molecule has 2 aromatic carbocycles. The molecule has 0 atom stereocenters. The Morgan fingerprint density at radius 3 is 2.24 bits per heavy atom. The summed E-state index contributed by atoms with van der Waals surface area (Å²) in [6.07, 6.45) is 0. The molecule has 1 heterocycles. The molecule has 1 amide bonds. The Bertz CT molecular complexity index is 983. The lowest BCUT2D eigenvalue weighted by atomic mass is 10.1. The summed E-state index contributed by atoms with van der Waals surface area (Å²) in [6.45, 7) is 7.16. The van der Waals surface area contributed by atoms with Gasteiger partial charge in [0.25, 0.3) is 5.91 Å². The maximum absolute atomic E-state index is 13.1. The van der Waals surface area contributed by atoms with Crippen LogP contribution in [0.5, 0.6) is 0 Å². The lowest BCUT2D eigenvalue weighted by Gasteiger charge is -2.35. The number of carbonyl (C=O) groups is 1. The van der Waals surface area contributed by atoms with Gasteiger partial charge in [0.05, 0.1) is 4.90 Å². The second kappa shape index (κ2) is 8.51. The van der Waals surface area contributed by atoms with E-state index in [1.165, 1.54) is 22.5 Å². The number of nitrogens with one attached hydrogen (secondary N) is 1. The smallest absolute Gasteiger partial charge is 0.251 e. The maximum Gasteiger partial charge on any atom is 0.251 e. The van der Waals surface area contributed by atoms with Crippen LogP contribution in [0.2, 0.25) is 0 Å². The highest BCUT2D eigenvalue weighted by Gasteiger charge is 2.29. The SMILES string of the molecule is Cc1ccc(S(=O)(=O)N2CCN(c3ccc(F)cc3)CC2)cc1C(=O)NC(C)C. The normalized spacial score (nSPS) is 15.6. The van der Waals surface area contributed by atoms with Gasteiger partial charge < -0.3 is 10.2 Å². The zero-order valence-corrected chi connectivity index (χ0v) is 17.7. The Labute approximate surface area is 171 Å². The number of carbonyl (C=O) groups excluding carboxylic acids is 1. The number of benzene rings is 2. The van der Waals surface area contributed by atoms with Gasteiger partial charge in [-0.2, -0.15) is 4.31 Å². The molecule has 1 aliphatic heterocycles. The van der Waals surface area contributed by atoms with Gasteiger partial charge >= 0.3 is 0 Å². The monoisotopic (exact) mass is 419 g/mol. The number of aryl methyl sites for hydroxylation is 1. The average molecular weight is 420 g/mol. The summed E-state index contributed by atoms with van der Waals surface area (Å²) in [5.74, 6) is -0.581. The Hall–Kier alpha value is -2.45. The molecule has 1 N–H and O–H groups in total. The van der Waals surface area contributed by atoms with Crippen LogP contribution in [0.3, 0.4) is 0 Å². The molecule has 1 saturated heterocycles. The minimum absolute atomic E-state index is 0.0401. The molecule has 0 aliphatic carbocycles. The van der Waals surface area contributed by atoms with Crippen molar-refractivity contribution in [2.24, 2.45) is 0 Å². The van der Waals surface area contributed by atoms with Gasteiger partial charge in [-0.25, -0.2) is 12.8 Å². The Balaban J connectivity index is 1.76. The number of nitrogens with zero attached hydrogens (tertiary/aromatic N) is 2. The van der Waals surface area contributed by atoms with Crippen LogP contribution in [0.4, 0.5) is 10.1 Å². The third-order valence-electron chi connectivity index (χ3n) is 4.94. The van der Waals surface area contributed by atoms with E-state index in [0.717, 1.165) is 11.3 Å². The lowest BCUT2D eigenvalue weighted by Crippen LogP contribution is -2.48. The molecule has 6 nitrogen and oxygen atoms in total. The Kier molecular flexibility index (Phi) is 6.24. The van der Waals surface area contributed by atoms with Gasteiger partial charge in [-0.05, 0) is 62.7 Å². The maximum atomic E-state index is 13.1. The predicted molar refractivity (Wildman–Crippen MR) is 111 cm³/mol. The first kappa shape index (κ1) is 21.3. The average Bonchev–Trinajstić information content (AvgIpc) is 2.68. The summed E-state index contributed by atoms with van der Waals surface area (Å²) in [4.78, 5) is 14.5. The van der Waals surface area contributed by atoms with E-state index in [1.54, 1.807) is 31.2 Å². The highest BCUT2D eigenvalue weighted by Crippen LogP contribution is 2.23. The van der Waals surface area contributed by atoms with Crippen molar-refractivity contribution in [3.8, 4) is 0 Å². The van der Waals surface area contributed by atoms with Crippen LogP contribution in [0.1, 0.15) is 29.8 Å². The van der Waals surface area contributed by atoms with Gasteiger partial charge in [0.15, 0.2) is 0 Å². The zero-order valence-electron chi connectivity index (χ0n) is 16.9. The van der Waals surface area contributed by atoms with Crippen molar-refractivity contribution in [2.45, 2.75) is 31.7 Å². The molecule has 0 spiro atoms. The van der Waals surface area contributed by atoms with Crippen LogP contribution in [0.15, 0.2) is 47.4 Å². The van der Waals surface area contributed by atoms with Gasteiger partial charge in [0, 0.05) is 43.5 Å². The van der Waals surface area contributed by atoms with Gasteiger partial charge in [0.2, 0.25) is 10.0 Å². The first-order valence-electron chi connectivity index (χ1n) is 9.60. The van der Waals surface area contributed by atoms with Crippen LogP contribution in [-0.4, -0.2) is 50.9 Å². The molecule has 1 aliphatic rings. The van der Waals surface area contributed by atoms with E-state index in [-0.39, 0.29) is 22.7 Å². The fourth-order valence-corrected chi connectivity index (χ4v) is 4.78. The second-order valence-electron chi connectivity index (χ2n) is 7.47. The summed E-state index contributed by atoms with van der Waals surface area (Å²) in [7, 11) is -3.71. The molecule has 0 bridgehead atoms. The van der Waals surface area contributed by atoms with Crippen molar-refractivity contribution >= 4 is 21.6 Å². The number of halogens is 1. The third-order valence-corrected chi connectivity index (χ3v) is 6.84. The molecule has 29 heavy (non-hydrogen) atoms. The minimum atomic E-state index is -3.71. The molecular weight excluding hydrogens is 393 g/mol. The van der Waals surface area contributed by atoms with Crippen LogP contribution in [0, 0.1) is 12.7 Å². The number of hydrogen-bond donors (Lipinski definition) is 1. The van der Waals surface area contributed by atoms with Gasteiger partial charge in [-0.3, -0.25) is 4.79 Å². The van der Waals surface area contributed by atoms with Gasteiger partial charge in [0.1, 0.15) is 5.82 Å². The van der Waals surface area contributed by atoms with E-state index < -0.39 is 10.0 Å². The number of hydrogen-bond acceptors (Lipinski definition) is 4. The summed E-state index contributed by atoms with van der Waals surface area (Å²) in [5, 5.41) is 2.81. The Morgan fingerprint density at radius 2 is 1.66 bits per heavy atom. The molecule has 8 heteroatoms. The van der Waals surface area contributed by atoms with Crippen LogP contribution < -0.4 is 10.2 Å². The molecular formula is C21H26FN3O3S. The van der Waals surface area contributed by atoms with Crippen molar-refractivity contribution < 1.29 is 17.6 Å². The number of anilines is 1. The van der Waals surface area contributed by atoms with Crippen LogP contribution >= 0.6 is 0 Å². The van der Waals surface area contributed by atoms with Gasteiger partial charge in [-0.15, -0.1) is 0 Å². The highest BCUT2D eigenvalue weighted by molar-refractivity contribution is 7.89. The summed E-state index contributed by atoms with van der Waals surface area (Å²) < 4.78 is 40.8. The molecule has 156 valence electrons. The highest BCUT2D eigenvalue weighted by atomic mass is 32.2. The van der Waals surface area contributed by atoms with Crippen LogP contribution in [-0.2, 0) is 10.0 Å².